The molecule has 16 heavy (non-hydrogen) atoms. The van der Waals surface area contributed by atoms with E-state index in [9.17, 15) is 0 Å². The zero-order chi connectivity index (χ0) is 11.5. The Hall–Kier alpha value is -0.970. The Kier molecular flexibility index (Phi) is 3.53. The zero-order valence-corrected chi connectivity index (χ0v) is 10.7. The lowest BCUT2D eigenvalue weighted by molar-refractivity contribution is 0.415. The Balaban J connectivity index is 2.19. The molecule has 0 bridgehead atoms. The minimum atomic E-state index is 0.479. The molecule has 1 heterocycles. The van der Waals surface area contributed by atoms with Crippen LogP contribution in [0.1, 0.15) is 0 Å². The summed E-state index contributed by atoms with van der Waals surface area (Å²) in [6, 6.07) is 5.43. The average Bonchev–Trinajstić information content (AvgIpc) is 2.64. The molecular weight excluding hydrogens is 267 g/mol. The standard InChI is InChI=1S/C10H8Cl2N2OS/c1-15-8-3-2-6(4-7(8)11)13-10-14-9(12)5-16-10/h2-5H,1H3,(H,13,14). The van der Waals surface area contributed by atoms with Crippen LogP contribution in [0.5, 0.6) is 5.75 Å². The molecule has 84 valence electrons. The second-order valence-electron chi connectivity index (χ2n) is 2.95. The molecule has 2 rings (SSSR count). The first kappa shape index (κ1) is 11.5. The smallest absolute Gasteiger partial charge is 0.188 e. The zero-order valence-electron chi connectivity index (χ0n) is 8.33. The van der Waals surface area contributed by atoms with E-state index in [0.29, 0.717) is 15.9 Å². The molecule has 3 nitrogen and oxygen atoms in total. The van der Waals surface area contributed by atoms with E-state index >= 15 is 0 Å². The van der Waals surface area contributed by atoms with Crippen molar-refractivity contribution < 1.29 is 4.74 Å². The van der Waals surface area contributed by atoms with Crippen molar-refractivity contribution in [1.82, 2.24) is 4.98 Å². The van der Waals surface area contributed by atoms with Crippen LogP contribution in [0.3, 0.4) is 0 Å². The number of ether oxygens (including phenoxy) is 1. The van der Waals surface area contributed by atoms with Gasteiger partial charge in [0.25, 0.3) is 0 Å². The van der Waals surface area contributed by atoms with Crippen molar-refractivity contribution >= 4 is 45.4 Å². The van der Waals surface area contributed by atoms with Crippen molar-refractivity contribution in [2.45, 2.75) is 0 Å². The first-order valence-corrected chi connectivity index (χ1v) is 6.04. The molecule has 1 N–H and O–H groups in total. The average molecular weight is 275 g/mol. The number of halogens is 2. The summed E-state index contributed by atoms with van der Waals surface area (Å²) in [5.41, 5.74) is 0.844. The monoisotopic (exact) mass is 274 g/mol. The fraction of sp³-hybridized carbons (Fsp3) is 0.100. The number of hydrogen-bond donors (Lipinski definition) is 1. The second kappa shape index (κ2) is 4.91. The van der Waals surface area contributed by atoms with Crippen molar-refractivity contribution in [1.29, 1.82) is 0 Å². The molecule has 1 aromatic carbocycles. The lowest BCUT2D eigenvalue weighted by Gasteiger charge is -2.06. The van der Waals surface area contributed by atoms with Gasteiger partial charge in [-0.1, -0.05) is 23.2 Å². The molecule has 0 atom stereocenters. The molecule has 0 amide bonds. The molecule has 0 aliphatic carbocycles. The number of rotatable bonds is 3. The Morgan fingerprint density at radius 1 is 1.38 bits per heavy atom. The number of benzene rings is 1. The van der Waals surface area contributed by atoms with E-state index in [1.54, 1.807) is 24.6 Å². The van der Waals surface area contributed by atoms with E-state index in [0.717, 1.165) is 10.8 Å². The summed E-state index contributed by atoms with van der Waals surface area (Å²) in [5, 5.41) is 6.62. The summed E-state index contributed by atoms with van der Waals surface area (Å²) in [6.45, 7) is 0. The topological polar surface area (TPSA) is 34.1 Å². The Labute approximate surface area is 107 Å². The Bertz CT molecular complexity index is 501. The number of nitrogens with one attached hydrogen (secondary N) is 1. The first-order valence-electron chi connectivity index (χ1n) is 4.40. The van der Waals surface area contributed by atoms with Crippen molar-refractivity contribution in [3.8, 4) is 5.75 Å². The third-order valence-corrected chi connectivity index (χ3v) is 3.26. The molecule has 0 aliphatic rings. The van der Waals surface area contributed by atoms with Gasteiger partial charge in [0.2, 0.25) is 0 Å². The fourth-order valence-electron chi connectivity index (χ4n) is 1.18. The summed E-state index contributed by atoms with van der Waals surface area (Å²) >= 11 is 13.1. The van der Waals surface area contributed by atoms with Gasteiger partial charge in [0, 0.05) is 11.1 Å². The predicted octanol–water partition coefficient (Wildman–Crippen LogP) is 4.20. The van der Waals surface area contributed by atoms with Gasteiger partial charge in [0.15, 0.2) is 5.13 Å². The van der Waals surface area contributed by atoms with Crippen LogP contribution in [0.2, 0.25) is 10.2 Å². The molecule has 2 aromatic rings. The van der Waals surface area contributed by atoms with Gasteiger partial charge in [-0.3, -0.25) is 0 Å². The summed E-state index contributed by atoms with van der Waals surface area (Å²) in [7, 11) is 1.58. The fourth-order valence-corrected chi connectivity index (χ4v) is 2.29. The van der Waals surface area contributed by atoms with E-state index in [1.165, 1.54) is 11.3 Å². The molecule has 0 unspecified atom stereocenters. The number of anilines is 2. The highest BCUT2D eigenvalue weighted by molar-refractivity contribution is 7.14. The lowest BCUT2D eigenvalue weighted by atomic mass is 10.3. The van der Waals surface area contributed by atoms with E-state index < -0.39 is 0 Å². The highest BCUT2D eigenvalue weighted by Crippen LogP contribution is 2.30. The molecular formula is C10H8Cl2N2OS. The van der Waals surface area contributed by atoms with Gasteiger partial charge in [0.05, 0.1) is 12.1 Å². The maximum absolute atomic E-state index is 5.99. The van der Waals surface area contributed by atoms with Gasteiger partial charge in [0.1, 0.15) is 10.9 Å². The minimum Gasteiger partial charge on any atom is -0.495 e. The van der Waals surface area contributed by atoms with Crippen LogP contribution in [-0.4, -0.2) is 12.1 Å². The number of thiazole rings is 1. The molecule has 0 fully saturated rings. The van der Waals surface area contributed by atoms with Crippen LogP contribution in [0.4, 0.5) is 10.8 Å². The van der Waals surface area contributed by atoms with Crippen LogP contribution < -0.4 is 10.1 Å². The molecule has 0 aliphatic heterocycles. The minimum absolute atomic E-state index is 0.479. The third-order valence-electron chi connectivity index (χ3n) is 1.88. The Morgan fingerprint density at radius 2 is 2.19 bits per heavy atom. The van der Waals surface area contributed by atoms with Gasteiger partial charge < -0.3 is 10.1 Å². The number of nitrogens with zero attached hydrogens (tertiary/aromatic N) is 1. The van der Waals surface area contributed by atoms with Crippen molar-refractivity contribution in [3.05, 3.63) is 33.8 Å². The highest BCUT2D eigenvalue weighted by atomic mass is 35.5. The molecule has 0 spiro atoms. The summed E-state index contributed by atoms with van der Waals surface area (Å²) < 4.78 is 5.06. The highest BCUT2D eigenvalue weighted by Gasteiger charge is 2.04. The van der Waals surface area contributed by atoms with Gasteiger partial charge in [-0.15, -0.1) is 11.3 Å². The van der Waals surface area contributed by atoms with Crippen LogP contribution in [0.15, 0.2) is 23.6 Å². The summed E-state index contributed by atoms with van der Waals surface area (Å²) in [6.07, 6.45) is 0. The second-order valence-corrected chi connectivity index (χ2v) is 4.60. The molecule has 6 heteroatoms. The van der Waals surface area contributed by atoms with E-state index in [1.807, 2.05) is 6.07 Å². The largest absolute Gasteiger partial charge is 0.495 e. The van der Waals surface area contributed by atoms with Crippen LogP contribution in [0, 0.1) is 0 Å². The first-order chi connectivity index (χ1) is 7.69. The van der Waals surface area contributed by atoms with Crippen LogP contribution in [0.25, 0.3) is 0 Å². The van der Waals surface area contributed by atoms with E-state index in [2.05, 4.69) is 10.3 Å². The maximum Gasteiger partial charge on any atom is 0.188 e. The van der Waals surface area contributed by atoms with E-state index in [4.69, 9.17) is 27.9 Å². The predicted molar refractivity (Wildman–Crippen MR) is 68.4 cm³/mol. The van der Waals surface area contributed by atoms with Gasteiger partial charge >= 0.3 is 0 Å². The molecule has 0 saturated heterocycles. The van der Waals surface area contributed by atoms with Crippen molar-refractivity contribution in [3.63, 3.8) is 0 Å². The van der Waals surface area contributed by atoms with E-state index in [-0.39, 0.29) is 0 Å². The maximum atomic E-state index is 5.99. The Morgan fingerprint density at radius 3 is 2.75 bits per heavy atom. The third kappa shape index (κ3) is 2.58. The van der Waals surface area contributed by atoms with Gasteiger partial charge in [-0.05, 0) is 18.2 Å². The summed E-state index contributed by atoms with van der Waals surface area (Å²) in [5.74, 6) is 0.643. The van der Waals surface area contributed by atoms with Crippen LogP contribution in [-0.2, 0) is 0 Å². The molecule has 0 radical (unpaired) electrons. The summed E-state index contributed by atoms with van der Waals surface area (Å²) in [4.78, 5) is 4.08. The SMILES string of the molecule is COc1ccc(Nc2nc(Cl)cs2)cc1Cl. The van der Waals surface area contributed by atoms with Crippen molar-refractivity contribution in [2.75, 3.05) is 12.4 Å². The van der Waals surface area contributed by atoms with Gasteiger partial charge in [-0.2, -0.15) is 0 Å². The normalized spacial score (nSPS) is 10.2. The lowest BCUT2D eigenvalue weighted by Crippen LogP contribution is -1.90. The number of methoxy groups -OCH3 is 1. The van der Waals surface area contributed by atoms with Gasteiger partial charge in [-0.25, -0.2) is 4.98 Å². The number of hydrogen-bond acceptors (Lipinski definition) is 4. The van der Waals surface area contributed by atoms with Crippen molar-refractivity contribution in [2.24, 2.45) is 0 Å². The molecule has 1 aromatic heterocycles. The molecule has 0 saturated carbocycles. The quantitative estimate of drug-likeness (QED) is 0.911. The van der Waals surface area contributed by atoms with Crippen LogP contribution >= 0.6 is 34.5 Å². The number of aromatic nitrogens is 1.